The number of hydrogen-bond acceptors (Lipinski definition) is 6. The van der Waals surface area contributed by atoms with Gasteiger partial charge in [0.05, 0.1) is 4.90 Å². The normalized spacial score (nSPS) is 17.2. The third-order valence-electron chi connectivity index (χ3n) is 6.24. The van der Waals surface area contributed by atoms with Crippen LogP contribution in [0.1, 0.15) is 41.5 Å². The Morgan fingerprint density at radius 3 is 2.55 bits per heavy atom. The molecule has 174 valence electrons. The molecule has 0 amide bonds. The molecule has 1 aromatic heterocycles. The van der Waals surface area contributed by atoms with Crippen LogP contribution in [0.4, 0.5) is 0 Å². The number of aryl methyl sites for hydroxylation is 3. The van der Waals surface area contributed by atoms with Crippen molar-refractivity contribution in [2.75, 3.05) is 6.54 Å². The summed E-state index contributed by atoms with van der Waals surface area (Å²) in [6, 6.07) is 10.7. The molecule has 1 fully saturated rings. The van der Waals surface area contributed by atoms with Gasteiger partial charge in [-0.25, -0.2) is 13.2 Å². The number of ether oxygens (including phenoxy) is 1. The average molecular weight is 470 g/mol. The Labute approximate surface area is 193 Å². The van der Waals surface area contributed by atoms with E-state index in [-0.39, 0.29) is 18.0 Å². The number of carbonyl (C=O) groups excluding carboxylic acids is 1. The number of sulfonamides is 1. The van der Waals surface area contributed by atoms with Crippen LogP contribution >= 0.6 is 0 Å². The quantitative estimate of drug-likeness (QED) is 0.414. The predicted molar refractivity (Wildman–Crippen MR) is 124 cm³/mol. The van der Waals surface area contributed by atoms with Crippen LogP contribution in [0.2, 0.25) is 0 Å². The molecular weight excluding hydrogens is 442 g/mol. The fourth-order valence-electron chi connectivity index (χ4n) is 4.16. The number of nitrogens with zero attached hydrogens (tertiary/aromatic N) is 1. The van der Waals surface area contributed by atoms with Gasteiger partial charge in [0.25, 0.3) is 0 Å². The van der Waals surface area contributed by atoms with Crippen LogP contribution in [0.15, 0.2) is 56.6 Å². The minimum absolute atomic E-state index is 0.141. The van der Waals surface area contributed by atoms with E-state index >= 15 is 0 Å². The number of carbonyl (C=O) groups is 1. The summed E-state index contributed by atoms with van der Waals surface area (Å²) in [5.74, 6) is -0.615. The van der Waals surface area contributed by atoms with Crippen LogP contribution in [-0.2, 0) is 26.2 Å². The highest BCUT2D eigenvalue weighted by Gasteiger charge is 2.38. The molecule has 2 aromatic carbocycles. The van der Waals surface area contributed by atoms with E-state index in [4.69, 9.17) is 9.15 Å². The number of hydrogen-bond donors (Lipinski definition) is 0. The number of fused-ring (bicyclic) bond motifs is 1. The van der Waals surface area contributed by atoms with Gasteiger partial charge in [0.1, 0.15) is 18.2 Å². The van der Waals surface area contributed by atoms with Crippen LogP contribution in [-0.4, -0.2) is 31.3 Å². The lowest BCUT2D eigenvalue weighted by Crippen LogP contribution is -2.48. The van der Waals surface area contributed by atoms with Crippen molar-refractivity contribution in [3.8, 4) is 0 Å². The highest BCUT2D eigenvalue weighted by atomic mass is 32.2. The minimum atomic E-state index is -3.84. The molecule has 7 nitrogen and oxygen atoms in total. The lowest BCUT2D eigenvalue weighted by Gasteiger charge is -2.33. The second-order valence-electron chi connectivity index (χ2n) is 8.52. The van der Waals surface area contributed by atoms with E-state index in [1.165, 1.54) is 10.4 Å². The molecule has 0 saturated carbocycles. The summed E-state index contributed by atoms with van der Waals surface area (Å²) in [5, 5.41) is 0.693. The van der Waals surface area contributed by atoms with Crippen molar-refractivity contribution in [1.82, 2.24) is 4.31 Å². The van der Waals surface area contributed by atoms with E-state index in [9.17, 15) is 18.0 Å². The maximum absolute atomic E-state index is 13.2. The first-order valence-electron chi connectivity index (χ1n) is 11.0. The van der Waals surface area contributed by atoms with Crippen LogP contribution in [0.25, 0.3) is 11.0 Å². The lowest BCUT2D eigenvalue weighted by atomic mass is 10.0. The predicted octanol–water partition coefficient (Wildman–Crippen LogP) is 4.00. The maximum atomic E-state index is 13.2. The molecule has 0 aliphatic carbocycles. The Balaban J connectivity index is 1.58. The van der Waals surface area contributed by atoms with Crippen molar-refractivity contribution in [3.63, 3.8) is 0 Å². The summed E-state index contributed by atoms with van der Waals surface area (Å²) < 4.78 is 38.7. The Bertz CT molecular complexity index is 1360. The molecule has 33 heavy (non-hydrogen) atoms. The smallest absolute Gasteiger partial charge is 0.336 e. The van der Waals surface area contributed by atoms with Gasteiger partial charge in [0.2, 0.25) is 10.0 Å². The average Bonchev–Trinajstić information content (AvgIpc) is 2.80. The molecule has 0 N–H and O–H groups in total. The number of esters is 1. The molecule has 8 heteroatoms. The van der Waals surface area contributed by atoms with E-state index in [2.05, 4.69) is 0 Å². The molecule has 1 unspecified atom stereocenters. The van der Waals surface area contributed by atoms with Crippen LogP contribution in [0.5, 0.6) is 0 Å². The highest BCUT2D eigenvalue weighted by Crippen LogP contribution is 2.28. The minimum Gasteiger partial charge on any atom is -0.460 e. The van der Waals surface area contributed by atoms with Gasteiger partial charge in [-0.1, -0.05) is 29.8 Å². The molecule has 3 aromatic rings. The van der Waals surface area contributed by atoms with Crippen molar-refractivity contribution in [2.24, 2.45) is 0 Å². The van der Waals surface area contributed by atoms with Gasteiger partial charge in [0.15, 0.2) is 0 Å². The fourth-order valence-corrected chi connectivity index (χ4v) is 5.81. The van der Waals surface area contributed by atoms with Gasteiger partial charge in [-0.15, -0.1) is 0 Å². The largest absolute Gasteiger partial charge is 0.460 e. The van der Waals surface area contributed by atoms with E-state index in [0.717, 1.165) is 23.1 Å². The first-order chi connectivity index (χ1) is 15.7. The first kappa shape index (κ1) is 23.2. The SMILES string of the molecule is Cc1ccc(S(=O)(=O)N2CCCCC2C(=O)OCc2cc(=O)oc3c(C)c(C)ccc23)cc1. The van der Waals surface area contributed by atoms with Gasteiger partial charge in [-0.05, 0) is 63.3 Å². The summed E-state index contributed by atoms with van der Waals surface area (Å²) in [6.45, 7) is 5.79. The number of rotatable bonds is 5. The Hall–Kier alpha value is -2.97. The third-order valence-corrected chi connectivity index (χ3v) is 8.16. The molecule has 2 heterocycles. The van der Waals surface area contributed by atoms with Crippen molar-refractivity contribution in [2.45, 2.75) is 57.6 Å². The van der Waals surface area contributed by atoms with Gasteiger partial charge in [0, 0.05) is 23.6 Å². The fraction of sp³-hybridized carbons (Fsp3) is 0.360. The summed E-state index contributed by atoms with van der Waals surface area (Å²) in [7, 11) is -3.84. The molecule has 1 atom stereocenters. The van der Waals surface area contributed by atoms with Crippen LogP contribution < -0.4 is 5.63 Å². The van der Waals surface area contributed by atoms with E-state index in [1.807, 2.05) is 32.9 Å². The lowest BCUT2D eigenvalue weighted by molar-refractivity contribution is -0.150. The Morgan fingerprint density at radius 2 is 1.82 bits per heavy atom. The van der Waals surface area contributed by atoms with Crippen LogP contribution in [0, 0.1) is 20.8 Å². The molecule has 0 bridgehead atoms. The zero-order chi connectivity index (χ0) is 23.8. The van der Waals surface area contributed by atoms with Gasteiger partial charge in [-0.3, -0.25) is 4.79 Å². The zero-order valence-electron chi connectivity index (χ0n) is 19.0. The molecule has 0 spiro atoms. The Morgan fingerprint density at radius 1 is 1.09 bits per heavy atom. The summed E-state index contributed by atoms with van der Waals surface area (Å²) in [5.41, 5.74) is 3.26. The third kappa shape index (κ3) is 4.58. The van der Waals surface area contributed by atoms with Crippen LogP contribution in [0.3, 0.4) is 0 Å². The first-order valence-corrected chi connectivity index (χ1v) is 12.4. The molecule has 0 radical (unpaired) electrons. The second kappa shape index (κ2) is 9.11. The van der Waals surface area contributed by atoms with Crippen molar-refractivity contribution < 1.29 is 22.4 Å². The van der Waals surface area contributed by atoms with E-state index < -0.39 is 27.7 Å². The zero-order valence-corrected chi connectivity index (χ0v) is 19.8. The van der Waals surface area contributed by atoms with Gasteiger partial charge in [-0.2, -0.15) is 4.31 Å². The summed E-state index contributed by atoms with van der Waals surface area (Å²) in [4.78, 5) is 25.3. The van der Waals surface area contributed by atoms with Crippen molar-refractivity contribution in [3.05, 3.63) is 75.1 Å². The van der Waals surface area contributed by atoms with Crippen molar-refractivity contribution >= 4 is 27.0 Å². The van der Waals surface area contributed by atoms with Gasteiger partial charge >= 0.3 is 11.6 Å². The summed E-state index contributed by atoms with van der Waals surface area (Å²) in [6.07, 6.45) is 1.80. The van der Waals surface area contributed by atoms with E-state index in [0.29, 0.717) is 29.4 Å². The standard InChI is InChI=1S/C25H27NO6S/c1-16-7-10-20(11-8-16)33(29,30)26-13-5-4-6-22(26)25(28)31-15-19-14-23(27)32-24-18(3)17(2)9-12-21(19)24/h7-12,14,22H,4-6,13,15H2,1-3H3. The molecule has 1 aliphatic rings. The summed E-state index contributed by atoms with van der Waals surface area (Å²) >= 11 is 0. The second-order valence-corrected chi connectivity index (χ2v) is 10.4. The Kier molecular flexibility index (Phi) is 6.41. The van der Waals surface area contributed by atoms with Gasteiger partial charge < -0.3 is 9.15 Å². The monoisotopic (exact) mass is 469 g/mol. The topological polar surface area (TPSA) is 93.9 Å². The number of benzene rings is 2. The molecule has 1 aliphatic heterocycles. The number of piperidine rings is 1. The molecule has 1 saturated heterocycles. The van der Waals surface area contributed by atoms with Crippen molar-refractivity contribution in [1.29, 1.82) is 0 Å². The maximum Gasteiger partial charge on any atom is 0.336 e. The van der Waals surface area contributed by atoms with E-state index in [1.54, 1.807) is 24.3 Å². The highest BCUT2D eigenvalue weighted by molar-refractivity contribution is 7.89. The molecule has 4 rings (SSSR count). The molecular formula is C25H27NO6S.